The molecule has 1 aliphatic heterocycles. The van der Waals surface area contributed by atoms with Crippen molar-refractivity contribution >= 4 is 11.5 Å². The average molecular weight is 252 g/mol. The first kappa shape index (κ1) is 12.9. The number of ether oxygens (including phenoxy) is 2. The van der Waals surface area contributed by atoms with Crippen LogP contribution in [0.3, 0.4) is 0 Å². The highest BCUT2D eigenvalue weighted by atomic mass is 16.5. The molecule has 0 aromatic carbocycles. The van der Waals surface area contributed by atoms with Gasteiger partial charge in [-0.25, -0.2) is 4.98 Å². The first-order valence-electron chi connectivity index (χ1n) is 6.15. The lowest BCUT2D eigenvalue weighted by Crippen LogP contribution is -2.53. The molecule has 1 saturated heterocycles. The van der Waals surface area contributed by atoms with Crippen LogP contribution in [0.15, 0.2) is 6.33 Å². The van der Waals surface area contributed by atoms with E-state index in [9.17, 15) is 0 Å². The van der Waals surface area contributed by atoms with Crippen LogP contribution in [0, 0.1) is 0 Å². The molecule has 1 fully saturated rings. The molecule has 0 spiro atoms. The molecule has 1 aromatic heterocycles. The predicted molar refractivity (Wildman–Crippen MR) is 69.9 cm³/mol. The normalized spacial score (nSPS) is 18.7. The van der Waals surface area contributed by atoms with E-state index < -0.39 is 0 Å². The number of nitrogens with zero attached hydrogens (tertiary/aromatic N) is 3. The summed E-state index contributed by atoms with van der Waals surface area (Å²) >= 11 is 0. The number of aromatic nitrogens is 2. The number of nitrogens with two attached hydrogens (primary N) is 1. The monoisotopic (exact) mass is 252 g/mol. The Bertz CT molecular complexity index is 423. The molecule has 6 heteroatoms. The molecular formula is C12H20N4O2. The number of hydrogen-bond donors (Lipinski definition) is 1. The summed E-state index contributed by atoms with van der Waals surface area (Å²) < 4.78 is 10.9. The van der Waals surface area contributed by atoms with E-state index in [2.05, 4.69) is 28.7 Å². The zero-order chi connectivity index (χ0) is 13.2. The van der Waals surface area contributed by atoms with Gasteiger partial charge in [-0.3, -0.25) is 0 Å². The molecule has 0 bridgehead atoms. The maximum atomic E-state index is 6.09. The van der Waals surface area contributed by atoms with E-state index in [-0.39, 0.29) is 5.54 Å². The van der Waals surface area contributed by atoms with E-state index in [1.807, 2.05) is 6.92 Å². The molecule has 0 radical (unpaired) electrons. The number of hydrogen-bond acceptors (Lipinski definition) is 6. The fourth-order valence-electron chi connectivity index (χ4n) is 2.09. The maximum absolute atomic E-state index is 6.09. The van der Waals surface area contributed by atoms with Gasteiger partial charge in [0.25, 0.3) is 0 Å². The standard InChI is InChI=1S/C12H20N4O2/c1-4-18-11-9(13)10(14-8-15-11)16-5-6-17-7-12(16,2)3/h8H,4-7,13H2,1-3H3. The smallest absolute Gasteiger partial charge is 0.242 e. The predicted octanol–water partition coefficient (Wildman–Crippen LogP) is 1.07. The van der Waals surface area contributed by atoms with Crippen molar-refractivity contribution in [3.05, 3.63) is 6.33 Å². The van der Waals surface area contributed by atoms with E-state index >= 15 is 0 Å². The fourth-order valence-corrected chi connectivity index (χ4v) is 2.09. The van der Waals surface area contributed by atoms with Crippen molar-refractivity contribution in [2.75, 3.05) is 37.0 Å². The van der Waals surface area contributed by atoms with Crippen molar-refractivity contribution in [2.24, 2.45) is 0 Å². The van der Waals surface area contributed by atoms with Gasteiger partial charge in [-0.1, -0.05) is 0 Å². The summed E-state index contributed by atoms with van der Waals surface area (Å²) in [6.45, 7) is 8.74. The van der Waals surface area contributed by atoms with Crippen molar-refractivity contribution in [1.82, 2.24) is 9.97 Å². The zero-order valence-corrected chi connectivity index (χ0v) is 11.1. The molecule has 2 rings (SSSR count). The van der Waals surface area contributed by atoms with Crippen LogP contribution in [0.4, 0.5) is 11.5 Å². The second kappa shape index (κ2) is 4.97. The van der Waals surface area contributed by atoms with Gasteiger partial charge < -0.3 is 20.1 Å². The lowest BCUT2D eigenvalue weighted by atomic mass is 10.0. The Morgan fingerprint density at radius 2 is 2.28 bits per heavy atom. The summed E-state index contributed by atoms with van der Waals surface area (Å²) in [4.78, 5) is 10.5. The van der Waals surface area contributed by atoms with Crippen molar-refractivity contribution in [3.8, 4) is 5.88 Å². The Balaban J connectivity index is 2.35. The number of morpholine rings is 1. The molecule has 0 unspecified atom stereocenters. The van der Waals surface area contributed by atoms with Crippen molar-refractivity contribution in [2.45, 2.75) is 26.3 Å². The SMILES string of the molecule is CCOc1ncnc(N2CCOCC2(C)C)c1N. The largest absolute Gasteiger partial charge is 0.476 e. The molecule has 18 heavy (non-hydrogen) atoms. The first-order valence-corrected chi connectivity index (χ1v) is 6.15. The van der Waals surface area contributed by atoms with Gasteiger partial charge in [0.2, 0.25) is 5.88 Å². The average Bonchev–Trinajstić information content (AvgIpc) is 2.32. The van der Waals surface area contributed by atoms with Gasteiger partial charge >= 0.3 is 0 Å². The summed E-state index contributed by atoms with van der Waals surface area (Å²) in [5.41, 5.74) is 6.45. The van der Waals surface area contributed by atoms with Crippen LogP contribution < -0.4 is 15.4 Å². The third kappa shape index (κ3) is 2.33. The Hall–Kier alpha value is -1.56. The topological polar surface area (TPSA) is 73.5 Å². The molecule has 1 aliphatic rings. The van der Waals surface area contributed by atoms with E-state index in [0.29, 0.717) is 31.4 Å². The van der Waals surface area contributed by atoms with Gasteiger partial charge in [-0.2, -0.15) is 4.98 Å². The van der Waals surface area contributed by atoms with Gasteiger partial charge in [-0.05, 0) is 20.8 Å². The van der Waals surface area contributed by atoms with Crippen LogP contribution in [-0.2, 0) is 4.74 Å². The Labute approximate surface area is 107 Å². The van der Waals surface area contributed by atoms with E-state index in [1.54, 1.807) is 0 Å². The van der Waals surface area contributed by atoms with Crippen LogP contribution in [0.5, 0.6) is 5.88 Å². The summed E-state index contributed by atoms with van der Waals surface area (Å²) in [6, 6.07) is 0. The van der Waals surface area contributed by atoms with Crippen LogP contribution in [0.25, 0.3) is 0 Å². The molecule has 0 saturated carbocycles. The fraction of sp³-hybridized carbons (Fsp3) is 0.667. The minimum atomic E-state index is -0.135. The lowest BCUT2D eigenvalue weighted by molar-refractivity contribution is 0.0639. The minimum absolute atomic E-state index is 0.135. The van der Waals surface area contributed by atoms with Gasteiger partial charge in [0.05, 0.1) is 25.4 Å². The number of nitrogen functional groups attached to an aromatic ring is 1. The van der Waals surface area contributed by atoms with Gasteiger partial charge in [-0.15, -0.1) is 0 Å². The summed E-state index contributed by atoms with van der Waals surface area (Å²) in [5, 5.41) is 0. The van der Waals surface area contributed by atoms with E-state index in [0.717, 1.165) is 12.4 Å². The maximum Gasteiger partial charge on any atom is 0.242 e. The second-order valence-corrected chi connectivity index (χ2v) is 4.87. The van der Waals surface area contributed by atoms with Gasteiger partial charge in [0, 0.05) is 6.54 Å². The minimum Gasteiger partial charge on any atom is -0.476 e. The molecular weight excluding hydrogens is 232 g/mol. The summed E-state index contributed by atoms with van der Waals surface area (Å²) in [5.74, 6) is 1.17. The van der Waals surface area contributed by atoms with E-state index in [1.165, 1.54) is 6.33 Å². The first-order chi connectivity index (χ1) is 8.56. The summed E-state index contributed by atoms with van der Waals surface area (Å²) in [7, 11) is 0. The molecule has 0 aliphatic carbocycles. The lowest BCUT2D eigenvalue weighted by Gasteiger charge is -2.43. The highest BCUT2D eigenvalue weighted by Crippen LogP contribution is 2.33. The second-order valence-electron chi connectivity index (χ2n) is 4.87. The molecule has 6 nitrogen and oxygen atoms in total. The van der Waals surface area contributed by atoms with Gasteiger partial charge in [0.1, 0.15) is 12.0 Å². The Morgan fingerprint density at radius 3 is 2.94 bits per heavy atom. The molecule has 2 heterocycles. The quantitative estimate of drug-likeness (QED) is 0.867. The Kier molecular flexibility index (Phi) is 3.56. The number of rotatable bonds is 3. The highest BCUT2D eigenvalue weighted by molar-refractivity contribution is 5.68. The van der Waals surface area contributed by atoms with Crippen molar-refractivity contribution in [1.29, 1.82) is 0 Å². The van der Waals surface area contributed by atoms with Crippen LogP contribution in [-0.4, -0.2) is 41.9 Å². The molecule has 0 atom stereocenters. The van der Waals surface area contributed by atoms with Crippen LogP contribution >= 0.6 is 0 Å². The Morgan fingerprint density at radius 1 is 1.50 bits per heavy atom. The number of anilines is 2. The van der Waals surface area contributed by atoms with Gasteiger partial charge in [0.15, 0.2) is 5.82 Å². The summed E-state index contributed by atoms with van der Waals surface area (Å²) in [6.07, 6.45) is 1.49. The van der Waals surface area contributed by atoms with Crippen LogP contribution in [0.1, 0.15) is 20.8 Å². The zero-order valence-electron chi connectivity index (χ0n) is 11.1. The van der Waals surface area contributed by atoms with E-state index in [4.69, 9.17) is 15.2 Å². The van der Waals surface area contributed by atoms with Crippen molar-refractivity contribution in [3.63, 3.8) is 0 Å². The highest BCUT2D eigenvalue weighted by Gasteiger charge is 2.33. The van der Waals surface area contributed by atoms with Crippen molar-refractivity contribution < 1.29 is 9.47 Å². The molecule has 100 valence electrons. The third-order valence-corrected chi connectivity index (χ3v) is 3.01. The third-order valence-electron chi connectivity index (χ3n) is 3.01. The molecule has 2 N–H and O–H groups in total. The molecule has 0 amide bonds. The molecule has 1 aromatic rings. The van der Waals surface area contributed by atoms with Crippen LogP contribution in [0.2, 0.25) is 0 Å².